The topological polar surface area (TPSA) is 71.3 Å². The van der Waals surface area contributed by atoms with E-state index in [1.807, 2.05) is 20.1 Å². The molecule has 0 aliphatic heterocycles. The molecule has 7 heteroatoms. The summed E-state index contributed by atoms with van der Waals surface area (Å²) in [6.07, 6.45) is 2.80. The van der Waals surface area contributed by atoms with Gasteiger partial charge in [-0.2, -0.15) is 11.8 Å². The smallest absolute Gasteiger partial charge is 0.273 e. The molecule has 0 radical (unpaired) electrons. The van der Waals surface area contributed by atoms with Gasteiger partial charge in [-0.05, 0) is 30.6 Å². The first-order valence-corrected chi connectivity index (χ1v) is 9.14. The van der Waals surface area contributed by atoms with Crippen molar-refractivity contribution in [2.75, 3.05) is 18.6 Å². The summed E-state index contributed by atoms with van der Waals surface area (Å²) in [5, 5.41) is 3.16. The van der Waals surface area contributed by atoms with Crippen LogP contribution in [0.2, 0.25) is 0 Å². The normalized spacial score (nSPS) is 12.2. The van der Waals surface area contributed by atoms with Gasteiger partial charge in [0.05, 0.1) is 6.54 Å². The molecule has 19 heavy (non-hydrogen) atoms. The maximum Gasteiger partial charge on any atom is 0.273 e. The molecule has 1 rings (SSSR count). The Labute approximate surface area is 119 Å². The lowest BCUT2D eigenvalue weighted by molar-refractivity contribution is 0.393. The van der Waals surface area contributed by atoms with Crippen LogP contribution in [0, 0.1) is 0 Å². The highest BCUT2D eigenvalue weighted by molar-refractivity contribution is 7.98. The van der Waals surface area contributed by atoms with Crippen molar-refractivity contribution in [1.29, 1.82) is 0 Å². The minimum absolute atomic E-state index is 0.0165. The molecule has 0 aromatic carbocycles. The molecule has 0 saturated carbocycles. The summed E-state index contributed by atoms with van der Waals surface area (Å²) in [7, 11) is -3.51. The van der Waals surface area contributed by atoms with Crippen LogP contribution >= 0.6 is 11.8 Å². The van der Waals surface area contributed by atoms with Gasteiger partial charge in [-0.25, -0.2) is 13.1 Å². The van der Waals surface area contributed by atoms with Crippen LogP contribution in [0.3, 0.4) is 0 Å². The van der Waals surface area contributed by atoms with Crippen molar-refractivity contribution < 1.29 is 12.8 Å². The fraction of sp³-hybridized carbons (Fsp3) is 0.667. The van der Waals surface area contributed by atoms with Gasteiger partial charge in [0.1, 0.15) is 5.76 Å². The van der Waals surface area contributed by atoms with Gasteiger partial charge in [0.25, 0.3) is 10.0 Å². The molecule has 0 aliphatic rings. The van der Waals surface area contributed by atoms with Crippen molar-refractivity contribution in [3.63, 3.8) is 0 Å². The van der Waals surface area contributed by atoms with E-state index in [1.165, 1.54) is 6.07 Å². The maximum absolute atomic E-state index is 11.9. The lowest BCUT2D eigenvalue weighted by Crippen LogP contribution is -2.25. The predicted molar refractivity (Wildman–Crippen MR) is 78.9 cm³/mol. The molecule has 0 saturated heterocycles. The number of nitrogens with one attached hydrogen (secondary N) is 2. The van der Waals surface area contributed by atoms with Crippen LogP contribution in [0.5, 0.6) is 0 Å². The second-order valence-corrected chi connectivity index (χ2v) is 7.18. The monoisotopic (exact) mass is 306 g/mol. The Kier molecular flexibility index (Phi) is 6.92. The summed E-state index contributed by atoms with van der Waals surface area (Å²) in [6.45, 7) is 5.00. The van der Waals surface area contributed by atoms with E-state index in [9.17, 15) is 8.42 Å². The summed E-state index contributed by atoms with van der Waals surface area (Å²) < 4.78 is 31.7. The standard InChI is InChI=1S/C12H22N2O3S2/c1-10(2)13-9-11-5-6-12(17-11)19(15,16)14-7-4-8-18-3/h5-6,10,13-14H,4,7-9H2,1-3H3. The SMILES string of the molecule is CSCCCNS(=O)(=O)c1ccc(CNC(C)C)o1. The zero-order valence-electron chi connectivity index (χ0n) is 11.6. The van der Waals surface area contributed by atoms with Gasteiger partial charge >= 0.3 is 0 Å². The maximum atomic E-state index is 11.9. The van der Waals surface area contributed by atoms with Crippen molar-refractivity contribution in [3.05, 3.63) is 17.9 Å². The molecule has 0 bridgehead atoms. The minimum atomic E-state index is -3.51. The molecule has 0 amide bonds. The molecular weight excluding hydrogens is 284 g/mol. The Morgan fingerprint density at radius 2 is 2.11 bits per heavy atom. The Balaban J connectivity index is 2.53. The number of furan rings is 1. The summed E-state index contributed by atoms with van der Waals surface area (Å²) in [5.74, 6) is 1.56. The van der Waals surface area contributed by atoms with E-state index in [2.05, 4.69) is 10.0 Å². The average molecular weight is 306 g/mol. The number of sulfonamides is 1. The Morgan fingerprint density at radius 1 is 1.37 bits per heavy atom. The van der Waals surface area contributed by atoms with E-state index in [-0.39, 0.29) is 5.09 Å². The van der Waals surface area contributed by atoms with Crippen LogP contribution in [-0.2, 0) is 16.6 Å². The van der Waals surface area contributed by atoms with Gasteiger partial charge in [0.15, 0.2) is 0 Å². The second-order valence-electron chi connectivity index (χ2n) is 4.50. The number of hydrogen-bond donors (Lipinski definition) is 2. The Hall–Kier alpha value is -0.500. The van der Waals surface area contributed by atoms with Crippen molar-refractivity contribution in [1.82, 2.24) is 10.0 Å². The first kappa shape index (κ1) is 16.6. The van der Waals surface area contributed by atoms with E-state index < -0.39 is 10.0 Å². The van der Waals surface area contributed by atoms with Crippen LogP contribution in [0.1, 0.15) is 26.0 Å². The van der Waals surface area contributed by atoms with Crippen LogP contribution in [0.15, 0.2) is 21.6 Å². The summed E-state index contributed by atoms with van der Waals surface area (Å²) >= 11 is 1.69. The van der Waals surface area contributed by atoms with Gasteiger partial charge in [0, 0.05) is 12.6 Å². The van der Waals surface area contributed by atoms with E-state index in [0.717, 1.165) is 12.2 Å². The second kappa shape index (κ2) is 7.94. The summed E-state index contributed by atoms with van der Waals surface area (Å²) in [6, 6.07) is 3.51. The third-order valence-corrected chi connectivity index (χ3v) is 4.43. The molecule has 1 heterocycles. The van der Waals surface area contributed by atoms with E-state index in [4.69, 9.17) is 4.42 Å². The first-order valence-electron chi connectivity index (χ1n) is 6.26. The molecule has 2 N–H and O–H groups in total. The molecule has 0 spiro atoms. The molecule has 0 unspecified atom stereocenters. The quantitative estimate of drug-likeness (QED) is 0.681. The molecule has 110 valence electrons. The Morgan fingerprint density at radius 3 is 2.74 bits per heavy atom. The third kappa shape index (κ3) is 5.99. The fourth-order valence-corrected chi connectivity index (χ4v) is 2.85. The molecular formula is C12H22N2O3S2. The summed E-state index contributed by atoms with van der Waals surface area (Å²) in [5.41, 5.74) is 0. The largest absolute Gasteiger partial charge is 0.447 e. The van der Waals surface area contributed by atoms with Crippen molar-refractivity contribution >= 4 is 21.8 Å². The van der Waals surface area contributed by atoms with Gasteiger partial charge in [-0.1, -0.05) is 13.8 Å². The van der Waals surface area contributed by atoms with E-state index in [0.29, 0.717) is 24.9 Å². The molecule has 1 aromatic heterocycles. The molecule has 0 aliphatic carbocycles. The van der Waals surface area contributed by atoms with E-state index in [1.54, 1.807) is 17.8 Å². The third-order valence-electron chi connectivity index (χ3n) is 2.40. The number of hydrogen-bond acceptors (Lipinski definition) is 5. The fourth-order valence-electron chi connectivity index (χ4n) is 1.40. The van der Waals surface area contributed by atoms with Gasteiger partial charge in [-0.15, -0.1) is 0 Å². The van der Waals surface area contributed by atoms with Gasteiger partial charge < -0.3 is 9.73 Å². The van der Waals surface area contributed by atoms with Crippen LogP contribution in [0.25, 0.3) is 0 Å². The molecule has 5 nitrogen and oxygen atoms in total. The molecule has 0 fully saturated rings. The van der Waals surface area contributed by atoms with Crippen molar-refractivity contribution in [2.45, 2.75) is 37.9 Å². The van der Waals surface area contributed by atoms with Gasteiger partial charge in [-0.3, -0.25) is 0 Å². The highest BCUT2D eigenvalue weighted by Gasteiger charge is 2.17. The zero-order valence-corrected chi connectivity index (χ0v) is 13.2. The molecule has 0 atom stereocenters. The molecule has 1 aromatic rings. The highest BCUT2D eigenvalue weighted by Crippen LogP contribution is 2.13. The lowest BCUT2D eigenvalue weighted by Gasteiger charge is -2.05. The van der Waals surface area contributed by atoms with Crippen LogP contribution < -0.4 is 10.0 Å². The van der Waals surface area contributed by atoms with Crippen LogP contribution in [-0.4, -0.2) is 33.0 Å². The van der Waals surface area contributed by atoms with Crippen molar-refractivity contribution in [2.24, 2.45) is 0 Å². The average Bonchev–Trinajstić information content (AvgIpc) is 2.82. The lowest BCUT2D eigenvalue weighted by atomic mass is 10.3. The van der Waals surface area contributed by atoms with E-state index >= 15 is 0 Å². The van der Waals surface area contributed by atoms with Gasteiger partial charge in [0.2, 0.25) is 5.09 Å². The van der Waals surface area contributed by atoms with Crippen molar-refractivity contribution in [3.8, 4) is 0 Å². The minimum Gasteiger partial charge on any atom is -0.447 e. The highest BCUT2D eigenvalue weighted by atomic mass is 32.2. The van der Waals surface area contributed by atoms with Crippen LogP contribution in [0.4, 0.5) is 0 Å². The number of thioether (sulfide) groups is 1. The Bertz CT molecular complexity index is 469. The summed E-state index contributed by atoms with van der Waals surface area (Å²) in [4.78, 5) is 0. The number of rotatable bonds is 9. The first-order chi connectivity index (χ1) is 8.95. The zero-order chi connectivity index (χ0) is 14.3. The predicted octanol–water partition coefficient (Wildman–Crippen LogP) is 1.81.